The summed E-state index contributed by atoms with van der Waals surface area (Å²) in [5.41, 5.74) is 6.38. The van der Waals surface area contributed by atoms with Crippen molar-refractivity contribution in [1.29, 1.82) is 0 Å². The lowest BCUT2D eigenvalue weighted by Crippen LogP contribution is -2.50. The van der Waals surface area contributed by atoms with Crippen molar-refractivity contribution in [3.05, 3.63) is 24.0 Å². The van der Waals surface area contributed by atoms with E-state index in [0.717, 1.165) is 12.8 Å². The Morgan fingerprint density at radius 1 is 1.50 bits per heavy atom. The van der Waals surface area contributed by atoms with E-state index in [2.05, 4.69) is 10.2 Å². The van der Waals surface area contributed by atoms with Crippen molar-refractivity contribution < 1.29 is 9.53 Å². The van der Waals surface area contributed by atoms with Gasteiger partial charge in [-0.15, -0.1) is 0 Å². The molecule has 110 valence electrons. The van der Waals surface area contributed by atoms with Crippen molar-refractivity contribution in [2.45, 2.75) is 51.3 Å². The second-order valence-electron chi connectivity index (χ2n) is 6.07. The first-order valence-electron chi connectivity index (χ1n) is 6.91. The first-order valence-corrected chi connectivity index (χ1v) is 6.91. The molecule has 0 spiro atoms. The molecule has 0 saturated carbocycles. The normalized spacial score (nSPS) is 23.5. The van der Waals surface area contributed by atoms with E-state index in [1.54, 1.807) is 17.2 Å². The standard InChI is InChI=1S/C14H22N4O2/c1-14(2,3)20-13(19)18-9-5-6-10(15)12(18)11-7-4-8-16-17-11/h4,7-8,10,12H,5-6,9,15H2,1-3H3/t10-,12-/m1/s1. The van der Waals surface area contributed by atoms with Gasteiger partial charge in [-0.3, -0.25) is 4.90 Å². The minimum absolute atomic E-state index is 0.145. The Morgan fingerprint density at radius 3 is 2.85 bits per heavy atom. The van der Waals surface area contributed by atoms with Crippen LogP contribution in [-0.4, -0.2) is 39.4 Å². The molecule has 2 N–H and O–H groups in total. The van der Waals surface area contributed by atoms with Crippen LogP contribution in [0.3, 0.4) is 0 Å². The highest BCUT2D eigenvalue weighted by Crippen LogP contribution is 2.30. The van der Waals surface area contributed by atoms with E-state index in [0.29, 0.717) is 12.2 Å². The summed E-state index contributed by atoms with van der Waals surface area (Å²) in [7, 11) is 0. The number of ether oxygens (including phenoxy) is 1. The van der Waals surface area contributed by atoms with Gasteiger partial charge in [0.25, 0.3) is 0 Å². The fourth-order valence-corrected chi connectivity index (χ4v) is 2.40. The molecule has 0 unspecified atom stereocenters. The van der Waals surface area contributed by atoms with E-state index in [1.165, 1.54) is 0 Å². The smallest absolute Gasteiger partial charge is 0.410 e. The van der Waals surface area contributed by atoms with E-state index in [4.69, 9.17) is 10.5 Å². The molecule has 20 heavy (non-hydrogen) atoms. The summed E-state index contributed by atoms with van der Waals surface area (Å²) in [6, 6.07) is 3.23. The lowest BCUT2D eigenvalue weighted by molar-refractivity contribution is 0.00577. The van der Waals surface area contributed by atoms with Crippen molar-refractivity contribution in [1.82, 2.24) is 15.1 Å². The zero-order valence-electron chi connectivity index (χ0n) is 12.2. The number of amides is 1. The van der Waals surface area contributed by atoms with Crippen LogP contribution in [0.25, 0.3) is 0 Å². The molecule has 1 fully saturated rings. The van der Waals surface area contributed by atoms with E-state index in [1.807, 2.05) is 26.8 Å². The predicted octanol–water partition coefficient (Wildman–Crippen LogP) is 1.88. The van der Waals surface area contributed by atoms with Gasteiger partial charge in [-0.1, -0.05) is 0 Å². The molecule has 0 aromatic carbocycles. The van der Waals surface area contributed by atoms with Gasteiger partial charge in [0.2, 0.25) is 0 Å². The number of likely N-dealkylation sites (tertiary alicyclic amines) is 1. The molecule has 1 amide bonds. The van der Waals surface area contributed by atoms with Crippen LogP contribution >= 0.6 is 0 Å². The molecule has 1 aromatic rings. The van der Waals surface area contributed by atoms with Gasteiger partial charge in [-0.05, 0) is 45.7 Å². The maximum absolute atomic E-state index is 12.3. The highest BCUT2D eigenvalue weighted by atomic mass is 16.6. The Labute approximate surface area is 119 Å². The molecule has 1 aromatic heterocycles. The number of carbonyl (C=O) groups is 1. The number of hydrogen-bond acceptors (Lipinski definition) is 5. The fraction of sp³-hybridized carbons (Fsp3) is 0.643. The molecule has 1 aliphatic heterocycles. The monoisotopic (exact) mass is 278 g/mol. The molecule has 2 heterocycles. The highest BCUT2D eigenvalue weighted by Gasteiger charge is 2.36. The number of rotatable bonds is 1. The summed E-state index contributed by atoms with van der Waals surface area (Å²) in [6.45, 7) is 6.19. The summed E-state index contributed by atoms with van der Waals surface area (Å²) >= 11 is 0. The quantitative estimate of drug-likeness (QED) is 0.848. The molecular formula is C14H22N4O2. The average Bonchev–Trinajstić information content (AvgIpc) is 2.37. The molecule has 1 saturated heterocycles. The van der Waals surface area contributed by atoms with Crippen LogP contribution in [0.1, 0.15) is 45.3 Å². The second kappa shape index (κ2) is 5.75. The molecule has 0 aliphatic carbocycles. The molecular weight excluding hydrogens is 256 g/mol. The lowest BCUT2D eigenvalue weighted by Gasteiger charge is -2.39. The Bertz CT molecular complexity index is 458. The average molecular weight is 278 g/mol. The minimum Gasteiger partial charge on any atom is -0.444 e. The molecule has 0 radical (unpaired) electrons. The number of aromatic nitrogens is 2. The predicted molar refractivity (Wildman–Crippen MR) is 74.9 cm³/mol. The van der Waals surface area contributed by atoms with Crippen molar-refractivity contribution in [2.75, 3.05) is 6.54 Å². The van der Waals surface area contributed by atoms with Gasteiger partial charge >= 0.3 is 6.09 Å². The molecule has 1 aliphatic rings. The van der Waals surface area contributed by atoms with Gasteiger partial charge in [0.05, 0.1) is 11.7 Å². The molecule has 6 heteroatoms. The lowest BCUT2D eigenvalue weighted by atomic mass is 9.94. The van der Waals surface area contributed by atoms with Crippen LogP contribution in [0, 0.1) is 0 Å². The summed E-state index contributed by atoms with van der Waals surface area (Å²) in [5, 5.41) is 7.98. The Balaban J connectivity index is 2.23. The first-order chi connectivity index (χ1) is 9.38. The molecule has 0 bridgehead atoms. The van der Waals surface area contributed by atoms with Crippen LogP contribution in [0.5, 0.6) is 0 Å². The minimum atomic E-state index is -0.522. The van der Waals surface area contributed by atoms with Crippen molar-refractivity contribution >= 4 is 6.09 Å². The van der Waals surface area contributed by atoms with E-state index in [-0.39, 0.29) is 18.2 Å². The highest BCUT2D eigenvalue weighted by molar-refractivity contribution is 5.69. The van der Waals surface area contributed by atoms with Gasteiger partial charge in [-0.25, -0.2) is 4.79 Å². The van der Waals surface area contributed by atoms with Crippen molar-refractivity contribution in [3.63, 3.8) is 0 Å². The van der Waals surface area contributed by atoms with Crippen LogP contribution in [-0.2, 0) is 4.74 Å². The zero-order valence-corrected chi connectivity index (χ0v) is 12.2. The summed E-state index contributed by atoms with van der Waals surface area (Å²) in [5.74, 6) is 0. The van der Waals surface area contributed by atoms with E-state index < -0.39 is 5.60 Å². The van der Waals surface area contributed by atoms with E-state index >= 15 is 0 Å². The maximum Gasteiger partial charge on any atom is 0.410 e. The SMILES string of the molecule is CC(C)(C)OC(=O)N1CCC[C@@H](N)[C@@H]1c1cccnn1. The summed E-state index contributed by atoms with van der Waals surface area (Å²) in [6.07, 6.45) is 3.00. The number of carbonyl (C=O) groups excluding carboxylic acids is 1. The van der Waals surface area contributed by atoms with Gasteiger partial charge in [-0.2, -0.15) is 10.2 Å². The first kappa shape index (κ1) is 14.7. The topological polar surface area (TPSA) is 81.3 Å². The van der Waals surface area contributed by atoms with Crippen LogP contribution in [0.15, 0.2) is 18.3 Å². The van der Waals surface area contributed by atoms with Gasteiger partial charge in [0.15, 0.2) is 0 Å². The number of piperidine rings is 1. The van der Waals surface area contributed by atoms with Crippen molar-refractivity contribution in [2.24, 2.45) is 5.73 Å². The van der Waals surface area contributed by atoms with Crippen LogP contribution in [0.4, 0.5) is 4.79 Å². The number of nitrogens with zero attached hydrogens (tertiary/aromatic N) is 3. The largest absolute Gasteiger partial charge is 0.444 e. The Hall–Kier alpha value is -1.69. The third kappa shape index (κ3) is 3.45. The fourth-order valence-electron chi connectivity index (χ4n) is 2.40. The van der Waals surface area contributed by atoms with Gasteiger partial charge < -0.3 is 10.5 Å². The van der Waals surface area contributed by atoms with Crippen molar-refractivity contribution in [3.8, 4) is 0 Å². The molecule has 6 nitrogen and oxygen atoms in total. The molecule has 2 rings (SSSR count). The Kier molecular flexibility index (Phi) is 4.23. The van der Waals surface area contributed by atoms with E-state index in [9.17, 15) is 4.79 Å². The summed E-state index contributed by atoms with van der Waals surface area (Å²) < 4.78 is 5.46. The number of hydrogen-bond donors (Lipinski definition) is 1. The maximum atomic E-state index is 12.3. The summed E-state index contributed by atoms with van der Waals surface area (Å²) in [4.78, 5) is 14.0. The molecule has 2 atom stereocenters. The van der Waals surface area contributed by atoms with Crippen LogP contribution < -0.4 is 5.73 Å². The van der Waals surface area contributed by atoms with Crippen LogP contribution in [0.2, 0.25) is 0 Å². The third-order valence-corrected chi connectivity index (χ3v) is 3.20. The second-order valence-corrected chi connectivity index (χ2v) is 6.07. The van der Waals surface area contributed by atoms with Gasteiger partial charge in [0.1, 0.15) is 5.60 Å². The number of nitrogens with two attached hydrogens (primary N) is 1. The zero-order chi connectivity index (χ0) is 14.8. The van der Waals surface area contributed by atoms with Gasteiger partial charge in [0, 0.05) is 18.8 Å². The Morgan fingerprint density at radius 2 is 2.25 bits per heavy atom. The third-order valence-electron chi connectivity index (χ3n) is 3.20.